The van der Waals surface area contributed by atoms with E-state index in [0.29, 0.717) is 5.92 Å². The summed E-state index contributed by atoms with van der Waals surface area (Å²) < 4.78 is 0. The van der Waals surface area contributed by atoms with E-state index in [9.17, 15) is 0 Å². The lowest BCUT2D eigenvalue weighted by molar-refractivity contribution is 0.880. The molecule has 1 aromatic rings. The Morgan fingerprint density at radius 3 is 2.17 bits per heavy atom. The zero-order valence-electron chi connectivity index (χ0n) is 12.5. The van der Waals surface area contributed by atoms with Gasteiger partial charge < -0.3 is 4.98 Å². The van der Waals surface area contributed by atoms with Gasteiger partial charge in [-0.05, 0) is 37.3 Å². The quantitative estimate of drug-likeness (QED) is 0.683. The van der Waals surface area contributed by atoms with Crippen molar-refractivity contribution >= 4 is 0 Å². The second-order valence-electron chi connectivity index (χ2n) is 4.73. The number of H-pyrrole nitrogens is 1. The molecule has 1 heteroatoms. The highest BCUT2D eigenvalue weighted by Crippen LogP contribution is 2.27. The Hall–Kier alpha value is -1.24. The largest absolute Gasteiger partial charge is 0.361 e. The number of aromatic nitrogens is 1. The molecule has 0 fully saturated rings. The highest BCUT2D eigenvalue weighted by atomic mass is 14.7. The maximum atomic E-state index is 3.65. The smallest absolute Gasteiger partial charge is 0.0251 e. The number of hydrogen-bond acceptors (Lipinski definition) is 0. The minimum atomic E-state index is 0.460. The van der Waals surface area contributed by atoms with Gasteiger partial charge in [0.1, 0.15) is 0 Å². The number of nitrogens with one attached hydrogen (secondary N) is 1. The van der Waals surface area contributed by atoms with Gasteiger partial charge in [0.15, 0.2) is 0 Å². The Labute approximate surface area is 112 Å². The molecule has 0 spiro atoms. The van der Waals surface area contributed by atoms with Crippen LogP contribution in [0.4, 0.5) is 0 Å². The molecule has 0 saturated carbocycles. The predicted molar refractivity (Wildman–Crippen MR) is 81.3 cm³/mol. The number of rotatable bonds is 6. The third kappa shape index (κ3) is 3.16. The van der Waals surface area contributed by atoms with Crippen molar-refractivity contribution in [3.63, 3.8) is 0 Å². The van der Waals surface area contributed by atoms with E-state index in [1.807, 2.05) is 6.92 Å². The molecule has 1 nitrogen and oxygen atoms in total. The molecule has 0 aliphatic heterocycles. The minimum Gasteiger partial charge on any atom is -0.361 e. The fraction of sp³-hybridized carbons (Fsp3) is 0.529. The van der Waals surface area contributed by atoms with Crippen LogP contribution in [0.15, 0.2) is 24.3 Å². The van der Waals surface area contributed by atoms with Crippen LogP contribution in [0.5, 0.6) is 0 Å². The molecule has 0 radical (unpaired) electrons. The average Bonchev–Trinajstić information content (AvgIpc) is 2.76. The minimum absolute atomic E-state index is 0.460. The van der Waals surface area contributed by atoms with E-state index in [1.165, 1.54) is 17.0 Å². The van der Waals surface area contributed by atoms with Gasteiger partial charge in [-0.3, -0.25) is 0 Å². The van der Waals surface area contributed by atoms with Gasteiger partial charge in [0.2, 0.25) is 0 Å². The molecular weight excluding hydrogens is 218 g/mol. The van der Waals surface area contributed by atoms with E-state index >= 15 is 0 Å². The molecule has 100 valence electrons. The lowest BCUT2D eigenvalue weighted by atomic mass is 9.97. The normalized spacial score (nSPS) is 13.8. The molecular formula is C17H27N. The second-order valence-corrected chi connectivity index (χ2v) is 4.73. The van der Waals surface area contributed by atoms with E-state index < -0.39 is 0 Å². The van der Waals surface area contributed by atoms with Gasteiger partial charge in [-0.15, -0.1) is 0 Å². The number of aryl methyl sites for hydroxylation is 1. The molecule has 0 saturated heterocycles. The van der Waals surface area contributed by atoms with Crippen molar-refractivity contribution in [2.45, 2.75) is 59.8 Å². The van der Waals surface area contributed by atoms with Crippen LogP contribution in [0.2, 0.25) is 0 Å². The van der Waals surface area contributed by atoms with Gasteiger partial charge in [0, 0.05) is 17.3 Å². The van der Waals surface area contributed by atoms with Gasteiger partial charge >= 0.3 is 0 Å². The van der Waals surface area contributed by atoms with Gasteiger partial charge in [0.05, 0.1) is 0 Å². The Balaban J connectivity index is 3.11. The van der Waals surface area contributed by atoms with Crippen LogP contribution >= 0.6 is 0 Å². The molecule has 0 bridgehead atoms. The highest BCUT2D eigenvalue weighted by molar-refractivity contribution is 5.40. The van der Waals surface area contributed by atoms with Crippen molar-refractivity contribution in [3.05, 3.63) is 46.8 Å². The van der Waals surface area contributed by atoms with Crippen LogP contribution < -0.4 is 0 Å². The summed E-state index contributed by atoms with van der Waals surface area (Å²) in [6.45, 7) is 11.1. The lowest BCUT2D eigenvalue weighted by Crippen LogP contribution is -1.96. The molecule has 1 N–H and O–H groups in total. The SMILES string of the molecule is CC=CC=CC(C)c1[nH]c(CC)c(CC)c1CC. The Bertz CT molecular complexity index is 421. The average molecular weight is 245 g/mol. The van der Waals surface area contributed by atoms with Crippen molar-refractivity contribution in [1.82, 2.24) is 4.98 Å². The van der Waals surface area contributed by atoms with E-state index in [4.69, 9.17) is 0 Å². The monoisotopic (exact) mass is 245 g/mol. The molecule has 0 amide bonds. The summed E-state index contributed by atoms with van der Waals surface area (Å²) in [6, 6.07) is 0. The zero-order valence-corrected chi connectivity index (χ0v) is 12.5. The van der Waals surface area contributed by atoms with E-state index in [1.54, 1.807) is 5.56 Å². The molecule has 18 heavy (non-hydrogen) atoms. The van der Waals surface area contributed by atoms with Crippen LogP contribution in [0, 0.1) is 0 Å². The molecule has 1 unspecified atom stereocenters. The van der Waals surface area contributed by atoms with Gasteiger partial charge in [-0.1, -0.05) is 52.0 Å². The van der Waals surface area contributed by atoms with Crippen LogP contribution in [0.1, 0.15) is 63.1 Å². The third-order valence-corrected chi connectivity index (χ3v) is 3.56. The summed E-state index contributed by atoms with van der Waals surface area (Å²) in [5.74, 6) is 0.460. The summed E-state index contributed by atoms with van der Waals surface area (Å²) in [5, 5.41) is 0. The Morgan fingerprint density at radius 2 is 1.67 bits per heavy atom. The Kier molecular flexibility index (Phi) is 5.97. The summed E-state index contributed by atoms with van der Waals surface area (Å²) >= 11 is 0. The van der Waals surface area contributed by atoms with Crippen molar-refractivity contribution in [3.8, 4) is 0 Å². The lowest BCUT2D eigenvalue weighted by Gasteiger charge is -2.08. The fourth-order valence-corrected chi connectivity index (χ4v) is 2.62. The molecule has 1 aromatic heterocycles. The second kappa shape index (κ2) is 7.25. The molecule has 0 aliphatic carbocycles. The number of hydrogen-bond donors (Lipinski definition) is 1. The van der Waals surface area contributed by atoms with Crippen LogP contribution in [0.25, 0.3) is 0 Å². The topological polar surface area (TPSA) is 15.8 Å². The van der Waals surface area contributed by atoms with E-state index in [-0.39, 0.29) is 0 Å². The maximum absolute atomic E-state index is 3.65. The summed E-state index contributed by atoms with van der Waals surface area (Å²) in [6.07, 6.45) is 11.9. The van der Waals surface area contributed by atoms with Crippen molar-refractivity contribution in [1.29, 1.82) is 0 Å². The first-order valence-corrected chi connectivity index (χ1v) is 7.21. The van der Waals surface area contributed by atoms with Gasteiger partial charge in [-0.2, -0.15) is 0 Å². The van der Waals surface area contributed by atoms with Crippen molar-refractivity contribution in [2.24, 2.45) is 0 Å². The molecule has 0 aromatic carbocycles. The van der Waals surface area contributed by atoms with Crippen molar-refractivity contribution in [2.75, 3.05) is 0 Å². The maximum Gasteiger partial charge on any atom is 0.0251 e. The molecule has 1 heterocycles. The summed E-state index contributed by atoms with van der Waals surface area (Å²) in [5.41, 5.74) is 5.91. The Morgan fingerprint density at radius 1 is 1.00 bits per heavy atom. The van der Waals surface area contributed by atoms with E-state index in [2.05, 4.69) is 57.0 Å². The summed E-state index contributed by atoms with van der Waals surface area (Å²) in [7, 11) is 0. The molecule has 1 atom stereocenters. The first-order chi connectivity index (χ1) is 8.69. The molecule has 0 aliphatic rings. The number of allylic oxidation sites excluding steroid dienone is 4. The predicted octanol–water partition coefficient (Wildman–Crippen LogP) is 4.94. The first kappa shape index (κ1) is 14.8. The first-order valence-electron chi connectivity index (χ1n) is 7.21. The summed E-state index contributed by atoms with van der Waals surface area (Å²) in [4.78, 5) is 3.65. The third-order valence-electron chi connectivity index (χ3n) is 3.56. The van der Waals surface area contributed by atoms with Crippen molar-refractivity contribution < 1.29 is 0 Å². The fourth-order valence-electron chi connectivity index (χ4n) is 2.62. The standard InChI is InChI=1S/C17H27N/c1-6-10-11-12-13(5)17-15(8-3)14(7-2)16(9-4)18-17/h6,10-13,18H,7-9H2,1-5H3. The highest BCUT2D eigenvalue weighted by Gasteiger charge is 2.16. The van der Waals surface area contributed by atoms with Crippen LogP contribution in [-0.4, -0.2) is 4.98 Å². The number of aromatic amines is 1. The van der Waals surface area contributed by atoms with Gasteiger partial charge in [-0.25, -0.2) is 0 Å². The van der Waals surface area contributed by atoms with Crippen LogP contribution in [-0.2, 0) is 19.3 Å². The van der Waals surface area contributed by atoms with E-state index in [0.717, 1.165) is 19.3 Å². The van der Waals surface area contributed by atoms with Gasteiger partial charge in [0.25, 0.3) is 0 Å². The van der Waals surface area contributed by atoms with Crippen LogP contribution in [0.3, 0.4) is 0 Å². The zero-order chi connectivity index (χ0) is 13.5. The molecule has 1 rings (SSSR count).